The van der Waals surface area contributed by atoms with E-state index < -0.39 is 38.5 Å². The SMILES string of the molecule is COC(=O)CCN1CCN2c3ncc(-c4cc(F)cc(OC)c4)cc3N(S(=O)(=O)c3cccc(C(F)(F)F)c3)C[C@@H]2C1. The number of benzene rings is 2. The van der Waals surface area contributed by atoms with Gasteiger partial charge in [0.2, 0.25) is 0 Å². The smallest absolute Gasteiger partial charge is 0.416 e. The maximum atomic E-state index is 14.3. The number of carbonyl (C=O) groups excluding carboxylic acids is 1. The lowest BCUT2D eigenvalue weighted by Crippen LogP contribution is -2.61. The van der Waals surface area contributed by atoms with Crippen LogP contribution in [0.2, 0.25) is 0 Å². The molecule has 0 unspecified atom stereocenters. The number of piperazine rings is 1. The van der Waals surface area contributed by atoms with Crippen LogP contribution >= 0.6 is 0 Å². The van der Waals surface area contributed by atoms with Crippen molar-refractivity contribution < 1.29 is 40.2 Å². The Kier molecular flexibility index (Phi) is 8.03. The van der Waals surface area contributed by atoms with Crippen LogP contribution in [0.25, 0.3) is 11.1 Å². The molecule has 1 aromatic heterocycles. The largest absolute Gasteiger partial charge is 0.497 e. The molecule has 5 rings (SSSR count). The highest BCUT2D eigenvalue weighted by molar-refractivity contribution is 7.92. The van der Waals surface area contributed by atoms with E-state index in [9.17, 15) is 30.8 Å². The molecule has 0 spiro atoms. The third-order valence-corrected chi connectivity index (χ3v) is 9.16. The molecule has 1 atom stereocenters. The van der Waals surface area contributed by atoms with E-state index in [-0.39, 0.29) is 30.4 Å². The van der Waals surface area contributed by atoms with Crippen molar-refractivity contribution in [1.82, 2.24) is 9.88 Å². The van der Waals surface area contributed by atoms with Crippen LogP contribution in [0, 0.1) is 5.82 Å². The van der Waals surface area contributed by atoms with Gasteiger partial charge < -0.3 is 14.4 Å². The predicted octanol–water partition coefficient (Wildman–Crippen LogP) is 4.18. The van der Waals surface area contributed by atoms with Crippen LogP contribution in [0.3, 0.4) is 0 Å². The van der Waals surface area contributed by atoms with E-state index in [2.05, 4.69) is 4.98 Å². The topological polar surface area (TPSA) is 92.3 Å². The van der Waals surface area contributed by atoms with E-state index in [1.54, 1.807) is 12.1 Å². The molecule has 224 valence electrons. The Morgan fingerprint density at radius 3 is 2.55 bits per heavy atom. The minimum Gasteiger partial charge on any atom is -0.497 e. The summed E-state index contributed by atoms with van der Waals surface area (Å²) in [5.74, 6) is -0.358. The molecule has 9 nitrogen and oxygen atoms in total. The Hall–Kier alpha value is -3.91. The molecular weight excluding hydrogens is 580 g/mol. The highest BCUT2D eigenvalue weighted by atomic mass is 32.2. The minimum atomic E-state index is -4.74. The van der Waals surface area contributed by atoms with Crippen LogP contribution in [0.15, 0.2) is 59.6 Å². The van der Waals surface area contributed by atoms with Crippen LogP contribution in [0.1, 0.15) is 12.0 Å². The fourth-order valence-corrected chi connectivity index (χ4v) is 6.79. The second-order valence-corrected chi connectivity index (χ2v) is 11.8. The van der Waals surface area contributed by atoms with E-state index >= 15 is 0 Å². The van der Waals surface area contributed by atoms with Crippen LogP contribution in [0.5, 0.6) is 5.75 Å². The number of fused-ring (bicyclic) bond motifs is 3. The number of sulfonamides is 1. The summed E-state index contributed by atoms with van der Waals surface area (Å²) in [5, 5.41) is 0. The third kappa shape index (κ3) is 5.86. The molecule has 3 aromatic rings. The molecular formula is C28H28F4N4O5S. The number of halogens is 4. The molecule has 1 fully saturated rings. The molecule has 3 heterocycles. The van der Waals surface area contributed by atoms with Crippen molar-refractivity contribution >= 4 is 27.5 Å². The van der Waals surface area contributed by atoms with Gasteiger partial charge in [-0.15, -0.1) is 0 Å². The lowest BCUT2D eigenvalue weighted by atomic mass is 10.0. The Bertz CT molecular complexity index is 1600. The first kappa shape index (κ1) is 29.6. The molecule has 2 aliphatic heterocycles. The number of ether oxygens (including phenoxy) is 2. The molecule has 2 aliphatic rings. The standard InChI is InChI=1S/C28H28F4N4O5S/c1-40-23-11-18(10-21(29)14-23)19-12-25-27(33-15-19)35-9-8-34(7-6-26(37)41-2)16-22(35)17-36(25)42(38,39)24-5-3-4-20(13-24)28(30,31)32/h3-5,10-15,22H,6-9,16-17H2,1-2H3/t22-/m0/s1. The average Bonchev–Trinajstić information content (AvgIpc) is 2.98. The number of methoxy groups -OCH3 is 2. The van der Waals surface area contributed by atoms with Crippen LogP contribution in [-0.2, 0) is 25.7 Å². The number of aromatic nitrogens is 1. The van der Waals surface area contributed by atoms with Gasteiger partial charge in [0.1, 0.15) is 11.6 Å². The zero-order valence-electron chi connectivity index (χ0n) is 22.8. The van der Waals surface area contributed by atoms with E-state index in [1.165, 1.54) is 32.5 Å². The summed E-state index contributed by atoms with van der Waals surface area (Å²) >= 11 is 0. The van der Waals surface area contributed by atoms with Gasteiger partial charge in [0, 0.05) is 44.0 Å². The van der Waals surface area contributed by atoms with Crippen molar-refractivity contribution in [3.63, 3.8) is 0 Å². The van der Waals surface area contributed by atoms with Gasteiger partial charge in [-0.25, -0.2) is 17.8 Å². The van der Waals surface area contributed by atoms with E-state index in [4.69, 9.17) is 9.47 Å². The highest BCUT2D eigenvalue weighted by Gasteiger charge is 2.41. The van der Waals surface area contributed by atoms with Crippen LogP contribution in [-0.4, -0.2) is 77.3 Å². The third-order valence-electron chi connectivity index (χ3n) is 7.38. The van der Waals surface area contributed by atoms with Crippen molar-refractivity contribution in [3.05, 3.63) is 66.1 Å². The maximum Gasteiger partial charge on any atom is 0.416 e. The molecule has 2 aromatic carbocycles. The fraction of sp³-hybridized carbons (Fsp3) is 0.357. The van der Waals surface area contributed by atoms with Gasteiger partial charge in [-0.05, 0) is 42.0 Å². The second kappa shape index (κ2) is 11.4. The van der Waals surface area contributed by atoms with Gasteiger partial charge in [-0.1, -0.05) is 6.07 Å². The monoisotopic (exact) mass is 608 g/mol. The van der Waals surface area contributed by atoms with Crippen molar-refractivity contribution in [1.29, 1.82) is 0 Å². The van der Waals surface area contributed by atoms with Crippen molar-refractivity contribution in [3.8, 4) is 16.9 Å². The Morgan fingerprint density at radius 1 is 1.05 bits per heavy atom. The van der Waals surface area contributed by atoms with Gasteiger partial charge in [-0.3, -0.25) is 14.0 Å². The van der Waals surface area contributed by atoms with Crippen molar-refractivity contribution in [2.24, 2.45) is 0 Å². The highest BCUT2D eigenvalue weighted by Crippen LogP contribution is 2.41. The Morgan fingerprint density at radius 2 is 1.83 bits per heavy atom. The van der Waals surface area contributed by atoms with Crippen LogP contribution in [0.4, 0.5) is 29.1 Å². The number of rotatable bonds is 7. The van der Waals surface area contributed by atoms with E-state index in [0.717, 1.165) is 22.5 Å². The number of hydrogen-bond acceptors (Lipinski definition) is 8. The number of nitrogens with zero attached hydrogens (tertiary/aromatic N) is 4. The fourth-order valence-electron chi connectivity index (χ4n) is 5.24. The van der Waals surface area contributed by atoms with Gasteiger partial charge in [0.15, 0.2) is 5.82 Å². The minimum absolute atomic E-state index is 0.0854. The molecule has 0 N–H and O–H groups in total. The summed E-state index contributed by atoms with van der Waals surface area (Å²) in [7, 11) is -1.81. The number of pyridine rings is 1. The zero-order valence-corrected chi connectivity index (χ0v) is 23.6. The van der Waals surface area contributed by atoms with Crippen molar-refractivity contribution in [2.75, 3.05) is 56.1 Å². The Balaban J connectivity index is 1.58. The molecule has 0 aliphatic carbocycles. The summed E-state index contributed by atoms with van der Waals surface area (Å²) in [6.07, 6.45) is -3.09. The summed E-state index contributed by atoms with van der Waals surface area (Å²) in [4.78, 5) is 19.7. The van der Waals surface area contributed by atoms with Gasteiger partial charge >= 0.3 is 12.1 Å². The van der Waals surface area contributed by atoms with Crippen molar-refractivity contribution in [2.45, 2.75) is 23.5 Å². The second-order valence-electron chi connectivity index (χ2n) is 9.98. The number of carbonyl (C=O) groups is 1. The number of anilines is 2. The number of esters is 1. The lowest BCUT2D eigenvalue weighted by Gasteiger charge is -2.48. The summed E-state index contributed by atoms with van der Waals surface area (Å²) in [5.41, 5.74) is -0.153. The first-order valence-corrected chi connectivity index (χ1v) is 14.5. The maximum absolute atomic E-state index is 14.3. The first-order chi connectivity index (χ1) is 19.9. The number of alkyl halides is 3. The van der Waals surface area contributed by atoms with Gasteiger partial charge in [0.05, 0.1) is 49.4 Å². The zero-order chi connectivity index (χ0) is 30.2. The van der Waals surface area contributed by atoms with E-state index in [0.29, 0.717) is 49.2 Å². The first-order valence-electron chi connectivity index (χ1n) is 13.0. The van der Waals surface area contributed by atoms with Crippen LogP contribution < -0.4 is 13.9 Å². The molecule has 0 bridgehead atoms. The molecule has 0 amide bonds. The van der Waals surface area contributed by atoms with Gasteiger partial charge in [0.25, 0.3) is 10.0 Å². The quantitative estimate of drug-likeness (QED) is 0.292. The van der Waals surface area contributed by atoms with E-state index in [1.807, 2.05) is 9.80 Å². The molecule has 1 saturated heterocycles. The molecule has 0 saturated carbocycles. The summed E-state index contributed by atoms with van der Waals surface area (Å²) < 4.78 is 93.7. The lowest BCUT2D eigenvalue weighted by molar-refractivity contribution is -0.141. The average molecular weight is 609 g/mol. The van der Waals surface area contributed by atoms with Gasteiger partial charge in [-0.2, -0.15) is 13.2 Å². The Labute approximate surface area is 240 Å². The number of hydrogen-bond donors (Lipinski definition) is 0. The molecule has 14 heteroatoms. The molecule has 42 heavy (non-hydrogen) atoms. The summed E-state index contributed by atoms with van der Waals surface area (Å²) in [6, 6.07) is 8.75. The normalized spacial score (nSPS) is 17.4. The predicted molar refractivity (Wildman–Crippen MR) is 146 cm³/mol. The molecule has 0 radical (unpaired) electrons. The summed E-state index contributed by atoms with van der Waals surface area (Å²) in [6.45, 7) is 1.74.